The van der Waals surface area contributed by atoms with Gasteiger partial charge < -0.3 is 10.6 Å². The third-order valence-corrected chi connectivity index (χ3v) is 3.65. The van der Waals surface area contributed by atoms with Gasteiger partial charge in [-0.1, -0.05) is 24.4 Å². The summed E-state index contributed by atoms with van der Waals surface area (Å²) in [5.41, 5.74) is 4.02. The van der Waals surface area contributed by atoms with Crippen LogP contribution in [0.1, 0.15) is 17.5 Å². The molecule has 2 aromatic rings. The van der Waals surface area contributed by atoms with Crippen LogP contribution in [-0.2, 0) is 0 Å². The number of hydrogen-bond acceptors (Lipinski definition) is 3. The van der Waals surface area contributed by atoms with Crippen LogP contribution in [0.15, 0.2) is 42.6 Å². The Morgan fingerprint density at radius 1 is 1.19 bits per heavy atom. The Bertz CT molecular complexity index is 723. The van der Waals surface area contributed by atoms with Gasteiger partial charge in [0.25, 0.3) is 0 Å². The summed E-state index contributed by atoms with van der Waals surface area (Å²) in [6.07, 6.45) is 2.41. The molecule has 0 radical (unpaired) electrons. The summed E-state index contributed by atoms with van der Waals surface area (Å²) in [7, 11) is 1.83. The quantitative estimate of drug-likeness (QED) is 0.851. The Hall–Kier alpha value is -2.27. The molecule has 5 heteroatoms. The molecule has 0 amide bonds. The highest BCUT2D eigenvalue weighted by molar-refractivity contribution is 7.80. The van der Waals surface area contributed by atoms with E-state index in [2.05, 4.69) is 15.6 Å². The third-order valence-electron chi connectivity index (χ3n) is 3.40. The first-order valence-corrected chi connectivity index (χ1v) is 7.01. The molecule has 3 rings (SSSR count). The van der Waals surface area contributed by atoms with E-state index in [-0.39, 0.29) is 5.82 Å². The molecule has 0 atom stereocenters. The molecule has 1 aromatic heterocycles. The minimum atomic E-state index is -0.240. The van der Waals surface area contributed by atoms with Gasteiger partial charge in [-0.05, 0) is 35.4 Å². The molecule has 0 spiro atoms. The SMILES string of the molecule is CNc1cc(C2=C(c3ccc(F)cc3)CC(=S)N2)ccn1. The number of thiocarbonyl (C=S) groups is 1. The van der Waals surface area contributed by atoms with Crippen LogP contribution in [0.3, 0.4) is 0 Å². The van der Waals surface area contributed by atoms with E-state index in [9.17, 15) is 4.39 Å². The van der Waals surface area contributed by atoms with Crippen LogP contribution in [0.25, 0.3) is 11.3 Å². The molecule has 0 saturated heterocycles. The number of nitrogens with zero attached hydrogens (tertiary/aromatic N) is 1. The third kappa shape index (κ3) is 2.78. The number of anilines is 1. The standard InChI is InChI=1S/C16H14FN3S/c1-18-14-8-11(6-7-19-14)16-13(9-15(21)20-16)10-2-4-12(17)5-3-10/h2-8H,9H2,1H3,(H,18,19)(H,20,21). The predicted molar refractivity (Wildman–Crippen MR) is 87.3 cm³/mol. The van der Waals surface area contributed by atoms with Crippen LogP contribution in [0.2, 0.25) is 0 Å². The summed E-state index contributed by atoms with van der Waals surface area (Å²) in [5, 5.41) is 6.27. The van der Waals surface area contributed by atoms with Crippen LogP contribution in [0, 0.1) is 5.82 Å². The molecule has 1 aromatic carbocycles. The molecular weight excluding hydrogens is 285 g/mol. The van der Waals surface area contributed by atoms with Crippen molar-refractivity contribution < 1.29 is 4.39 Å². The fourth-order valence-electron chi connectivity index (χ4n) is 2.37. The van der Waals surface area contributed by atoms with Crippen LogP contribution in [0.5, 0.6) is 0 Å². The summed E-state index contributed by atoms with van der Waals surface area (Å²) in [6, 6.07) is 10.4. The van der Waals surface area contributed by atoms with Crippen molar-refractivity contribution in [2.75, 3.05) is 12.4 Å². The Kier molecular flexibility index (Phi) is 3.66. The average Bonchev–Trinajstić information content (AvgIpc) is 2.90. The van der Waals surface area contributed by atoms with Gasteiger partial charge in [-0.15, -0.1) is 0 Å². The van der Waals surface area contributed by atoms with Crippen molar-refractivity contribution in [3.63, 3.8) is 0 Å². The maximum Gasteiger partial charge on any atom is 0.126 e. The highest BCUT2D eigenvalue weighted by atomic mass is 32.1. The zero-order valence-corrected chi connectivity index (χ0v) is 12.3. The summed E-state index contributed by atoms with van der Waals surface area (Å²) >= 11 is 5.30. The highest BCUT2D eigenvalue weighted by Crippen LogP contribution is 2.32. The molecule has 2 heterocycles. The van der Waals surface area contributed by atoms with Crippen molar-refractivity contribution in [1.29, 1.82) is 0 Å². The van der Waals surface area contributed by atoms with Crippen molar-refractivity contribution >= 4 is 34.3 Å². The molecule has 0 saturated carbocycles. The molecular formula is C16H14FN3S. The molecule has 0 bridgehead atoms. The van der Waals surface area contributed by atoms with Gasteiger partial charge in [-0.3, -0.25) is 0 Å². The molecule has 0 aliphatic carbocycles. The normalized spacial score (nSPS) is 14.3. The second-order valence-corrected chi connectivity index (χ2v) is 5.26. The van der Waals surface area contributed by atoms with Gasteiger partial charge >= 0.3 is 0 Å². The topological polar surface area (TPSA) is 37.0 Å². The van der Waals surface area contributed by atoms with E-state index in [4.69, 9.17) is 12.2 Å². The maximum absolute atomic E-state index is 13.1. The smallest absolute Gasteiger partial charge is 0.126 e. The van der Waals surface area contributed by atoms with Gasteiger partial charge in [0.2, 0.25) is 0 Å². The number of rotatable bonds is 3. The second kappa shape index (κ2) is 5.61. The number of aromatic nitrogens is 1. The van der Waals surface area contributed by atoms with Crippen LogP contribution in [-0.4, -0.2) is 17.0 Å². The van der Waals surface area contributed by atoms with Gasteiger partial charge in [0.05, 0.1) is 10.7 Å². The minimum Gasteiger partial charge on any atom is -0.373 e. The molecule has 1 aliphatic rings. The van der Waals surface area contributed by atoms with Gasteiger partial charge in [-0.2, -0.15) is 0 Å². The molecule has 2 N–H and O–H groups in total. The van der Waals surface area contributed by atoms with Gasteiger partial charge in [0, 0.05) is 25.2 Å². The summed E-state index contributed by atoms with van der Waals surface area (Å²) < 4.78 is 13.1. The first-order chi connectivity index (χ1) is 10.2. The number of pyridine rings is 1. The molecule has 3 nitrogen and oxygen atoms in total. The molecule has 21 heavy (non-hydrogen) atoms. The highest BCUT2D eigenvalue weighted by Gasteiger charge is 2.21. The first-order valence-electron chi connectivity index (χ1n) is 6.60. The van der Waals surface area contributed by atoms with Crippen molar-refractivity contribution in [3.8, 4) is 0 Å². The lowest BCUT2D eigenvalue weighted by Crippen LogP contribution is -2.12. The fraction of sp³-hybridized carbons (Fsp3) is 0.125. The number of nitrogens with one attached hydrogen (secondary N) is 2. The van der Waals surface area contributed by atoms with Crippen molar-refractivity contribution in [2.24, 2.45) is 0 Å². The average molecular weight is 299 g/mol. The van der Waals surface area contributed by atoms with E-state index in [0.717, 1.165) is 33.2 Å². The zero-order chi connectivity index (χ0) is 14.8. The van der Waals surface area contributed by atoms with E-state index in [1.54, 1.807) is 18.3 Å². The van der Waals surface area contributed by atoms with Crippen LogP contribution in [0.4, 0.5) is 10.2 Å². The van der Waals surface area contributed by atoms with Gasteiger partial charge in [0.1, 0.15) is 11.6 Å². The zero-order valence-electron chi connectivity index (χ0n) is 11.5. The maximum atomic E-state index is 13.1. The summed E-state index contributed by atoms with van der Waals surface area (Å²) in [5.74, 6) is 0.550. The lowest BCUT2D eigenvalue weighted by Gasteiger charge is -2.09. The lowest BCUT2D eigenvalue weighted by atomic mass is 10.00. The number of halogens is 1. The molecule has 0 fully saturated rings. The largest absolute Gasteiger partial charge is 0.373 e. The van der Waals surface area contributed by atoms with Crippen molar-refractivity contribution in [1.82, 2.24) is 10.3 Å². The van der Waals surface area contributed by atoms with Gasteiger partial charge in [0.15, 0.2) is 0 Å². The number of hydrogen-bond donors (Lipinski definition) is 2. The Morgan fingerprint density at radius 3 is 2.67 bits per heavy atom. The first kappa shape index (κ1) is 13.7. The minimum absolute atomic E-state index is 0.240. The van der Waals surface area contributed by atoms with Crippen LogP contribution >= 0.6 is 12.2 Å². The lowest BCUT2D eigenvalue weighted by molar-refractivity contribution is 0.627. The molecule has 106 valence electrons. The number of benzene rings is 1. The summed E-state index contributed by atoms with van der Waals surface area (Å²) in [4.78, 5) is 4.98. The molecule has 1 aliphatic heterocycles. The van der Waals surface area contributed by atoms with E-state index in [1.807, 2.05) is 19.2 Å². The Morgan fingerprint density at radius 2 is 1.95 bits per heavy atom. The fourth-order valence-corrected chi connectivity index (χ4v) is 2.62. The monoisotopic (exact) mass is 299 g/mol. The van der Waals surface area contributed by atoms with E-state index >= 15 is 0 Å². The van der Waals surface area contributed by atoms with Crippen molar-refractivity contribution in [3.05, 3.63) is 59.5 Å². The predicted octanol–water partition coefficient (Wildman–Crippen LogP) is 3.45. The van der Waals surface area contributed by atoms with E-state index in [1.165, 1.54) is 12.1 Å². The second-order valence-electron chi connectivity index (χ2n) is 4.77. The van der Waals surface area contributed by atoms with Crippen LogP contribution < -0.4 is 10.6 Å². The van der Waals surface area contributed by atoms with E-state index < -0.39 is 0 Å². The van der Waals surface area contributed by atoms with E-state index in [0.29, 0.717) is 6.42 Å². The Balaban J connectivity index is 2.09. The molecule has 0 unspecified atom stereocenters. The van der Waals surface area contributed by atoms with Gasteiger partial charge in [-0.25, -0.2) is 9.37 Å². The summed E-state index contributed by atoms with van der Waals surface area (Å²) in [6.45, 7) is 0. The van der Waals surface area contributed by atoms with Crippen molar-refractivity contribution in [2.45, 2.75) is 6.42 Å². The Labute approximate surface area is 127 Å².